The highest BCUT2D eigenvalue weighted by Crippen LogP contribution is 2.13. The first-order chi connectivity index (χ1) is 6.40. The van der Waals surface area contributed by atoms with Gasteiger partial charge in [-0.2, -0.15) is 4.79 Å². The first-order valence-corrected chi connectivity index (χ1v) is 5.25. The Balaban J connectivity index is 2.64. The summed E-state index contributed by atoms with van der Waals surface area (Å²) >= 11 is 0. The molecule has 14 heavy (non-hydrogen) atoms. The molecular formula is C11H20NO2+. The smallest absolute Gasteiger partial charge is 0.406 e. The number of rotatable bonds is 0. The van der Waals surface area contributed by atoms with E-state index in [9.17, 15) is 4.79 Å². The van der Waals surface area contributed by atoms with Crippen molar-refractivity contribution in [3.63, 3.8) is 0 Å². The molecule has 1 aliphatic rings. The minimum atomic E-state index is -0.401. The predicted octanol–water partition coefficient (Wildman–Crippen LogP) is 2.58. The van der Waals surface area contributed by atoms with Gasteiger partial charge < -0.3 is 4.74 Å². The van der Waals surface area contributed by atoms with Crippen molar-refractivity contribution in [2.75, 3.05) is 0 Å². The van der Waals surface area contributed by atoms with Crippen molar-refractivity contribution < 1.29 is 14.1 Å². The SMILES string of the molecule is CC1CCCC=[N+]1C(=O)OC(C)(C)C. The molecule has 0 aliphatic carbocycles. The predicted molar refractivity (Wildman–Crippen MR) is 55.9 cm³/mol. The summed E-state index contributed by atoms with van der Waals surface area (Å²) < 4.78 is 7.02. The van der Waals surface area contributed by atoms with E-state index in [1.807, 2.05) is 27.0 Å². The largest absolute Gasteiger partial charge is 0.596 e. The summed E-state index contributed by atoms with van der Waals surface area (Å²) in [5.41, 5.74) is -0.401. The Morgan fingerprint density at radius 2 is 2.14 bits per heavy atom. The quantitative estimate of drug-likeness (QED) is 0.560. The molecule has 1 amide bonds. The molecule has 1 rings (SSSR count). The summed E-state index contributed by atoms with van der Waals surface area (Å²) in [7, 11) is 0. The average Bonchev–Trinajstić information content (AvgIpc) is 2.01. The highest BCUT2D eigenvalue weighted by Gasteiger charge is 2.31. The molecule has 0 saturated heterocycles. The molecule has 0 radical (unpaired) electrons. The van der Waals surface area contributed by atoms with Crippen LogP contribution in [0.5, 0.6) is 0 Å². The second-order valence-electron chi connectivity index (χ2n) is 4.85. The summed E-state index contributed by atoms with van der Waals surface area (Å²) in [6.45, 7) is 7.72. The minimum Gasteiger partial charge on any atom is -0.406 e. The second kappa shape index (κ2) is 4.11. The molecule has 0 bridgehead atoms. The number of nitrogens with zero attached hydrogens (tertiary/aromatic N) is 1. The van der Waals surface area contributed by atoms with Crippen LogP contribution in [0.25, 0.3) is 0 Å². The van der Waals surface area contributed by atoms with Gasteiger partial charge in [-0.1, -0.05) is 0 Å². The van der Waals surface area contributed by atoms with Crippen molar-refractivity contribution in [1.29, 1.82) is 0 Å². The monoisotopic (exact) mass is 198 g/mol. The maximum atomic E-state index is 11.7. The molecule has 0 spiro atoms. The normalized spacial score (nSPS) is 22.9. The van der Waals surface area contributed by atoms with Gasteiger partial charge in [-0.25, -0.2) is 0 Å². The lowest BCUT2D eigenvalue weighted by Crippen LogP contribution is -2.37. The lowest BCUT2D eigenvalue weighted by molar-refractivity contribution is -0.489. The molecule has 1 aliphatic heterocycles. The summed E-state index contributed by atoms with van der Waals surface area (Å²) in [5, 5.41) is 0. The fraction of sp³-hybridized carbons (Fsp3) is 0.818. The third kappa shape index (κ3) is 3.13. The van der Waals surface area contributed by atoms with Crippen LogP contribution < -0.4 is 0 Å². The van der Waals surface area contributed by atoms with Gasteiger partial charge in [0.1, 0.15) is 5.60 Å². The van der Waals surface area contributed by atoms with E-state index in [0.717, 1.165) is 12.8 Å². The fourth-order valence-corrected chi connectivity index (χ4v) is 1.53. The van der Waals surface area contributed by atoms with E-state index in [-0.39, 0.29) is 12.1 Å². The van der Waals surface area contributed by atoms with Crippen LogP contribution >= 0.6 is 0 Å². The van der Waals surface area contributed by atoms with E-state index in [0.29, 0.717) is 0 Å². The molecule has 1 heterocycles. The number of hydrogen-bond donors (Lipinski definition) is 0. The molecule has 1 atom stereocenters. The number of hydrogen-bond acceptors (Lipinski definition) is 2. The van der Waals surface area contributed by atoms with Crippen LogP contribution in [0.15, 0.2) is 0 Å². The summed E-state index contributed by atoms with van der Waals surface area (Å²) in [4.78, 5) is 11.7. The number of carbonyl (C=O) groups excluding carboxylic acids is 1. The molecule has 80 valence electrons. The van der Waals surface area contributed by atoms with Crippen LogP contribution in [0.2, 0.25) is 0 Å². The number of carbonyl (C=O) groups is 1. The maximum absolute atomic E-state index is 11.7. The first kappa shape index (κ1) is 11.2. The van der Waals surface area contributed by atoms with Gasteiger partial charge in [-0.15, -0.1) is 4.58 Å². The molecule has 3 heteroatoms. The molecule has 0 aromatic carbocycles. The minimum absolute atomic E-state index is 0.218. The van der Waals surface area contributed by atoms with Gasteiger partial charge >= 0.3 is 6.09 Å². The Kier molecular flexibility index (Phi) is 3.29. The Hall–Kier alpha value is -0.860. The number of amides is 1. The van der Waals surface area contributed by atoms with Gasteiger partial charge in [0.15, 0.2) is 12.3 Å². The van der Waals surface area contributed by atoms with Crippen LogP contribution in [0, 0.1) is 0 Å². The Labute approximate surface area is 85.8 Å². The zero-order chi connectivity index (χ0) is 10.8. The van der Waals surface area contributed by atoms with E-state index in [4.69, 9.17) is 4.74 Å². The van der Waals surface area contributed by atoms with Gasteiger partial charge in [0, 0.05) is 12.8 Å². The standard InChI is InChI=1S/C11H20NO2/c1-9-7-5-6-8-12(9)10(13)14-11(2,3)4/h8-9H,5-7H2,1-4H3/q+1. The zero-order valence-electron chi connectivity index (χ0n) is 9.54. The van der Waals surface area contributed by atoms with Crippen molar-refractivity contribution >= 4 is 12.3 Å². The van der Waals surface area contributed by atoms with Gasteiger partial charge in [-0.3, -0.25) is 0 Å². The molecule has 0 aromatic rings. The molecule has 0 aromatic heterocycles. The summed E-state index contributed by atoms with van der Waals surface area (Å²) in [6, 6.07) is 0.276. The molecule has 1 unspecified atom stereocenters. The van der Waals surface area contributed by atoms with Crippen LogP contribution in [-0.2, 0) is 4.74 Å². The fourth-order valence-electron chi connectivity index (χ4n) is 1.53. The van der Waals surface area contributed by atoms with Crippen molar-refractivity contribution in [1.82, 2.24) is 0 Å². The molecular weight excluding hydrogens is 178 g/mol. The second-order valence-corrected chi connectivity index (χ2v) is 4.85. The zero-order valence-corrected chi connectivity index (χ0v) is 9.54. The Morgan fingerprint density at radius 3 is 2.64 bits per heavy atom. The highest BCUT2D eigenvalue weighted by atomic mass is 16.6. The molecule has 0 saturated carbocycles. The Morgan fingerprint density at radius 1 is 1.50 bits per heavy atom. The van der Waals surface area contributed by atoms with Crippen molar-refractivity contribution in [2.45, 2.75) is 58.6 Å². The van der Waals surface area contributed by atoms with E-state index >= 15 is 0 Å². The van der Waals surface area contributed by atoms with E-state index in [2.05, 4.69) is 6.92 Å². The summed E-state index contributed by atoms with van der Waals surface area (Å²) in [5.74, 6) is 0. The third-order valence-electron chi connectivity index (χ3n) is 2.23. The van der Waals surface area contributed by atoms with Gasteiger partial charge in [0.2, 0.25) is 0 Å². The van der Waals surface area contributed by atoms with Gasteiger partial charge in [-0.05, 0) is 34.1 Å². The lowest BCUT2D eigenvalue weighted by atomic mass is 10.1. The Bertz CT molecular complexity index is 251. The van der Waals surface area contributed by atoms with Crippen molar-refractivity contribution in [3.05, 3.63) is 0 Å². The lowest BCUT2D eigenvalue weighted by Gasteiger charge is -2.19. The van der Waals surface area contributed by atoms with Crippen LogP contribution in [0.4, 0.5) is 4.79 Å². The molecule has 0 fully saturated rings. The maximum Gasteiger partial charge on any atom is 0.596 e. The van der Waals surface area contributed by atoms with Gasteiger partial charge in [0.25, 0.3) is 0 Å². The van der Waals surface area contributed by atoms with Crippen molar-refractivity contribution in [3.8, 4) is 0 Å². The van der Waals surface area contributed by atoms with E-state index in [1.54, 1.807) is 4.58 Å². The van der Waals surface area contributed by atoms with Crippen LogP contribution in [0.3, 0.4) is 0 Å². The topological polar surface area (TPSA) is 29.3 Å². The molecule has 3 nitrogen and oxygen atoms in total. The number of ether oxygens (including phenoxy) is 1. The van der Waals surface area contributed by atoms with Gasteiger partial charge in [0.05, 0.1) is 0 Å². The van der Waals surface area contributed by atoms with Crippen LogP contribution in [0.1, 0.15) is 47.0 Å². The van der Waals surface area contributed by atoms with Crippen molar-refractivity contribution in [2.24, 2.45) is 0 Å². The van der Waals surface area contributed by atoms with E-state index in [1.165, 1.54) is 6.42 Å². The summed E-state index contributed by atoms with van der Waals surface area (Å²) in [6.07, 6.45) is 4.94. The molecule has 0 N–H and O–H groups in total. The van der Waals surface area contributed by atoms with Crippen LogP contribution in [-0.4, -0.2) is 28.5 Å². The first-order valence-electron chi connectivity index (χ1n) is 5.25. The van der Waals surface area contributed by atoms with E-state index < -0.39 is 5.60 Å². The highest BCUT2D eigenvalue weighted by molar-refractivity contribution is 5.66. The third-order valence-corrected chi connectivity index (χ3v) is 2.23. The average molecular weight is 198 g/mol.